The Morgan fingerprint density at radius 1 is 1.15 bits per heavy atom. The van der Waals surface area contributed by atoms with Gasteiger partial charge in [0.05, 0.1) is 6.42 Å². The number of nitrogens with two attached hydrogens (primary N) is 1. The molecule has 1 aromatic heterocycles. The maximum absolute atomic E-state index is 12.7. The Morgan fingerprint density at radius 3 is 2.56 bits per heavy atom. The Balaban J connectivity index is 0.00000261. The molecule has 3 rings (SSSR count). The first-order chi connectivity index (χ1) is 12.5. The van der Waals surface area contributed by atoms with Gasteiger partial charge in [0, 0.05) is 24.0 Å². The zero-order valence-electron chi connectivity index (χ0n) is 15.6. The van der Waals surface area contributed by atoms with Crippen molar-refractivity contribution in [2.24, 2.45) is 11.7 Å². The predicted octanol–water partition coefficient (Wildman–Crippen LogP) is 2.52. The molecule has 2 fully saturated rings. The lowest BCUT2D eigenvalue weighted by Crippen LogP contribution is -2.45. The van der Waals surface area contributed by atoms with Gasteiger partial charge in [-0.05, 0) is 50.3 Å². The van der Waals surface area contributed by atoms with E-state index in [0.29, 0.717) is 29.8 Å². The summed E-state index contributed by atoms with van der Waals surface area (Å²) in [6.45, 7) is 1.79. The van der Waals surface area contributed by atoms with Crippen molar-refractivity contribution in [2.45, 2.75) is 61.6 Å². The second kappa shape index (κ2) is 10.2. The van der Waals surface area contributed by atoms with Crippen molar-refractivity contribution < 1.29 is 13.2 Å². The summed E-state index contributed by atoms with van der Waals surface area (Å²) in [5.41, 5.74) is 5.82. The molecule has 0 bridgehead atoms. The van der Waals surface area contributed by atoms with Gasteiger partial charge < -0.3 is 11.1 Å². The highest BCUT2D eigenvalue weighted by Crippen LogP contribution is 2.28. The van der Waals surface area contributed by atoms with Crippen LogP contribution in [0.5, 0.6) is 0 Å². The van der Waals surface area contributed by atoms with E-state index in [0.717, 1.165) is 43.4 Å². The average Bonchev–Trinajstić information content (AvgIpc) is 3.12. The largest absolute Gasteiger partial charge is 0.353 e. The Bertz CT molecular complexity index is 717. The van der Waals surface area contributed by atoms with Crippen molar-refractivity contribution in [2.75, 3.05) is 19.6 Å². The smallest absolute Gasteiger partial charge is 0.252 e. The molecule has 2 unspecified atom stereocenters. The molecule has 2 heterocycles. The first kappa shape index (κ1) is 22.6. The number of carbonyl (C=O) groups excluding carboxylic acids is 1. The van der Waals surface area contributed by atoms with Crippen LogP contribution in [0.4, 0.5) is 0 Å². The summed E-state index contributed by atoms with van der Waals surface area (Å²) in [7, 11) is -3.41. The molecule has 0 aromatic carbocycles. The van der Waals surface area contributed by atoms with Crippen LogP contribution in [0.1, 0.15) is 49.8 Å². The summed E-state index contributed by atoms with van der Waals surface area (Å²) in [6.07, 6.45) is 7.51. The monoisotopic (exact) mass is 435 g/mol. The number of carbonyl (C=O) groups is 1. The molecule has 1 saturated carbocycles. The van der Waals surface area contributed by atoms with Crippen LogP contribution in [-0.2, 0) is 21.2 Å². The molecular formula is C18H30ClN3O3S2. The fourth-order valence-electron chi connectivity index (χ4n) is 3.92. The minimum absolute atomic E-state index is 0. The number of piperidine rings is 1. The number of hydrogen-bond donors (Lipinski definition) is 2. The zero-order valence-corrected chi connectivity index (χ0v) is 18.0. The third kappa shape index (κ3) is 5.67. The molecule has 1 saturated heterocycles. The predicted molar refractivity (Wildman–Crippen MR) is 111 cm³/mol. The SMILES string of the molecule is Cl.NCC1CCCCC1NC(=O)Cc1ccc(S(=O)(=O)N2CCCCC2)s1. The summed E-state index contributed by atoms with van der Waals surface area (Å²) in [5, 5.41) is 3.11. The number of nitrogens with one attached hydrogen (secondary N) is 1. The van der Waals surface area contributed by atoms with Crippen LogP contribution >= 0.6 is 23.7 Å². The van der Waals surface area contributed by atoms with E-state index >= 15 is 0 Å². The molecule has 27 heavy (non-hydrogen) atoms. The molecule has 6 nitrogen and oxygen atoms in total. The molecule has 1 aliphatic heterocycles. The van der Waals surface area contributed by atoms with Crippen LogP contribution < -0.4 is 11.1 Å². The minimum atomic E-state index is -3.41. The van der Waals surface area contributed by atoms with Crippen LogP contribution in [0.15, 0.2) is 16.3 Å². The maximum atomic E-state index is 12.7. The van der Waals surface area contributed by atoms with E-state index in [4.69, 9.17) is 5.73 Å². The third-order valence-electron chi connectivity index (χ3n) is 5.44. The van der Waals surface area contributed by atoms with Crippen molar-refractivity contribution in [3.8, 4) is 0 Å². The normalized spacial score (nSPS) is 24.2. The van der Waals surface area contributed by atoms with Crippen molar-refractivity contribution in [3.63, 3.8) is 0 Å². The van der Waals surface area contributed by atoms with Crippen molar-refractivity contribution in [1.82, 2.24) is 9.62 Å². The zero-order chi connectivity index (χ0) is 18.6. The molecule has 2 aliphatic rings. The lowest BCUT2D eigenvalue weighted by atomic mass is 9.84. The van der Waals surface area contributed by atoms with E-state index in [9.17, 15) is 13.2 Å². The van der Waals surface area contributed by atoms with Crippen molar-refractivity contribution >= 4 is 39.7 Å². The third-order valence-corrected chi connectivity index (χ3v) is 8.89. The standard InChI is InChI=1S/C18H29N3O3S2.ClH/c19-13-14-6-2-3-7-16(14)20-17(22)12-15-8-9-18(25-15)26(23,24)21-10-4-1-5-11-21;/h8-9,14,16H,1-7,10-13,19H2,(H,20,22);1H. The highest BCUT2D eigenvalue weighted by atomic mass is 35.5. The van der Waals surface area contributed by atoms with Crippen LogP contribution in [-0.4, -0.2) is 44.3 Å². The number of rotatable bonds is 6. The number of amides is 1. The first-order valence-electron chi connectivity index (χ1n) is 9.59. The minimum Gasteiger partial charge on any atom is -0.353 e. The highest BCUT2D eigenvalue weighted by molar-refractivity contribution is 7.91. The highest BCUT2D eigenvalue weighted by Gasteiger charge is 2.28. The summed E-state index contributed by atoms with van der Waals surface area (Å²) < 4.78 is 27.3. The summed E-state index contributed by atoms with van der Waals surface area (Å²) in [6, 6.07) is 3.56. The Morgan fingerprint density at radius 2 is 1.85 bits per heavy atom. The van der Waals surface area contributed by atoms with Gasteiger partial charge in [-0.2, -0.15) is 4.31 Å². The average molecular weight is 436 g/mol. The van der Waals surface area contributed by atoms with Crippen LogP contribution in [0.3, 0.4) is 0 Å². The lowest BCUT2D eigenvalue weighted by molar-refractivity contribution is -0.121. The molecule has 3 N–H and O–H groups in total. The Kier molecular flexibility index (Phi) is 8.55. The van der Waals surface area contributed by atoms with Gasteiger partial charge in [0.2, 0.25) is 5.91 Å². The molecule has 2 atom stereocenters. The summed E-state index contributed by atoms with van der Waals surface area (Å²) in [4.78, 5) is 13.2. The van der Waals surface area contributed by atoms with Gasteiger partial charge in [0.25, 0.3) is 10.0 Å². The van der Waals surface area contributed by atoms with Crippen molar-refractivity contribution in [3.05, 3.63) is 17.0 Å². The summed E-state index contributed by atoms with van der Waals surface area (Å²) >= 11 is 1.22. The van der Waals surface area contributed by atoms with E-state index < -0.39 is 10.0 Å². The van der Waals surface area contributed by atoms with E-state index in [2.05, 4.69) is 5.32 Å². The molecule has 0 spiro atoms. The Labute approximate surface area is 172 Å². The summed E-state index contributed by atoms with van der Waals surface area (Å²) in [5.74, 6) is 0.310. The number of thiophene rings is 1. The second-order valence-electron chi connectivity index (χ2n) is 7.32. The fraction of sp³-hybridized carbons (Fsp3) is 0.722. The van der Waals surface area contributed by atoms with Crippen LogP contribution in [0, 0.1) is 5.92 Å². The second-order valence-corrected chi connectivity index (χ2v) is 10.6. The van der Waals surface area contributed by atoms with Gasteiger partial charge >= 0.3 is 0 Å². The van der Waals surface area contributed by atoms with E-state index in [-0.39, 0.29) is 30.8 Å². The maximum Gasteiger partial charge on any atom is 0.252 e. The fourth-order valence-corrected chi connectivity index (χ4v) is 6.95. The van der Waals surface area contributed by atoms with Gasteiger partial charge in [0.15, 0.2) is 0 Å². The molecule has 9 heteroatoms. The lowest BCUT2D eigenvalue weighted by Gasteiger charge is -2.31. The molecule has 1 aliphatic carbocycles. The first-order valence-corrected chi connectivity index (χ1v) is 11.8. The van der Waals surface area contributed by atoms with Gasteiger partial charge in [0.1, 0.15) is 4.21 Å². The van der Waals surface area contributed by atoms with Crippen LogP contribution in [0.2, 0.25) is 0 Å². The molecule has 1 amide bonds. The van der Waals surface area contributed by atoms with Gasteiger partial charge in [-0.1, -0.05) is 19.3 Å². The number of halogens is 1. The Hall–Kier alpha value is -0.670. The van der Waals surface area contributed by atoms with Gasteiger partial charge in [-0.3, -0.25) is 4.79 Å². The molecule has 1 aromatic rings. The van der Waals surface area contributed by atoms with E-state index in [1.54, 1.807) is 16.4 Å². The van der Waals surface area contributed by atoms with Gasteiger partial charge in [-0.15, -0.1) is 23.7 Å². The number of nitrogens with zero attached hydrogens (tertiary/aromatic N) is 1. The van der Waals surface area contributed by atoms with E-state index in [1.807, 2.05) is 0 Å². The number of hydrogen-bond acceptors (Lipinski definition) is 5. The van der Waals surface area contributed by atoms with Crippen LogP contribution in [0.25, 0.3) is 0 Å². The topological polar surface area (TPSA) is 92.5 Å². The van der Waals surface area contributed by atoms with Crippen molar-refractivity contribution in [1.29, 1.82) is 0 Å². The number of sulfonamides is 1. The molecule has 0 radical (unpaired) electrons. The molecule has 154 valence electrons. The quantitative estimate of drug-likeness (QED) is 0.718. The molecular weight excluding hydrogens is 406 g/mol. The van der Waals surface area contributed by atoms with Gasteiger partial charge in [-0.25, -0.2) is 8.42 Å². The van der Waals surface area contributed by atoms with E-state index in [1.165, 1.54) is 17.8 Å².